The zero-order chi connectivity index (χ0) is 10.6. The summed E-state index contributed by atoms with van der Waals surface area (Å²) >= 11 is 0. The number of nitrogens with zero attached hydrogens (tertiary/aromatic N) is 1. The molecule has 14 heavy (non-hydrogen) atoms. The van der Waals surface area contributed by atoms with Gasteiger partial charge in [0.2, 0.25) is 0 Å². The van der Waals surface area contributed by atoms with Crippen molar-refractivity contribution in [1.29, 1.82) is 0 Å². The maximum Gasteiger partial charge on any atom is 0.345 e. The number of halogens is 2. The molecule has 0 aromatic rings. The first-order chi connectivity index (χ1) is 6.63. The van der Waals surface area contributed by atoms with Crippen molar-refractivity contribution < 1.29 is 18.3 Å². The van der Waals surface area contributed by atoms with Gasteiger partial charge in [0.1, 0.15) is 0 Å². The Morgan fingerprint density at radius 3 is 2.79 bits per heavy atom. The molecule has 0 spiro atoms. The second-order valence-corrected chi connectivity index (χ2v) is 3.51. The van der Waals surface area contributed by atoms with Crippen LogP contribution in [0.2, 0.25) is 0 Å². The van der Waals surface area contributed by atoms with Gasteiger partial charge in [-0.2, -0.15) is 8.78 Å². The third-order valence-electron chi connectivity index (χ3n) is 2.46. The van der Waals surface area contributed by atoms with Crippen LogP contribution in [0.3, 0.4) is 0 Å². The zero-order valence-electron chi connectivity index (χ0n) is 8.58. The van der Waals surface area contributed by atoms with Crippen LogP contribution in [0.25, 0.3) is 0 Å². The molecule has 0 N–H and O–H groups in total. The maximum atomic E-state index is 11.9. The third-order valence-corrected chi connectivity index (χ3v) is 2.46. The summed E-state index contributed by atoms with van der Waals surface area (Å²) < 4.78 is 33.6. The lowest BCUT2D eigenvalue weighted by Gasteiger charge is -2.17. The van der Waals surface area contributed by atoms with Crippen molar-refractivity contribution in [2.75, 3.05) is 26.8 Å². The fraction of sp³-hybridized carbons (Fsp3) is 1.00. The van der Waals surface area contributed by atoms with Gasteiger partial charge in [-0.15, -0.1) is 0 Å². The van der Waals surface area contributed by atoms with Gasteiger partial charge in [-0.3, -0.25) is 4.90 Å². The first-order valence-corrected chi connectivity index (χ1v) is 4.85. The molecule has 5 heteroatoms. The highest BCUT2D eigenvalue weighted by Gasteiger charge is 2.31. The first kappa shape index (κ1) is 11.8. The van der Waals surface area contributed by atoms with Crippen LogP contribution in [0.1, 0.15) is 13.3 Å². The molecule has 0 bridgehead atoms. The van der Waals surface area contributed by atoms with Crippen LogP contribution >= 0.6 is 0 Å². The highest BCUT2D eigenvalue weighted by atomic mass is 19.3. The van der Waals surface area contributed by atoms with Gasteiger partial charge in [0.15, 0.2) is 0 Å². The molecule has 84 valence electrons. The Labute approximate surface area is 83.0 Å². The van der Waals surface area contributed by atoms with E-state index in [1.165, 1.54) is 0 Å². The molecule has 0 radical (unpaired) electrons. The molecule has 0 amide bonds. The molecular weight excluding hydrogens is 192 g/mol. The number of hydrogen-bond donors (Lipinski definition) is 0. The van der Waals surface area contributed by atoms with Crippen molar-refractivity contribution in [3.63, 3.8) is 0 Å². The Kier molecular flexibility index (Phi) is 4.71. The second-order valence-electron chi connectivity index (χ2n) is 3.51. The fourth-order valence-electron chi connectivity index (χ4n) is 1.72. The minimum absolute atomic E-state index is 0.207. The van der Waals surface area contributed by atoms with Gasteiger partial charge >= 0.3 is 6.61 Å². The molecule has 0 unspecified atom stereocenters. The van der Waals surface area contributed by atoms with E-state index in [1.807, 2.05) is 18.9 Å². The lowest BCUT2D eigenvalue weighted by molar-refractivity contribution is -0.158. The summed E-state index contributed by atoms with van der Waals surface area (Å²) in [6.45, 7) is 1.06. The van der Waals surface area contributed by atoms with Crippen molar-refractivity contribution in [3.05, 3.63) is 0 Å². The number of likely N-dealkylation sites (N-methyl/N-ethyl adjacent to an activating group) is 1. The van der Waals surface area contributed by atoms with Gasteiger partial charge in [-0.25, -0.2) is 0 Å². The molecule has 0 aromatic heterocycles. The van der Waals surface area contributed by atoms with Gasteiger partial charge in [-0.05, 0) is 20.4 Å². The second kappa shape index (κ2) is 5.58. The molecule has 0 aliphatic carbocycles. The molecule has 0 saturated carbocycles. The SMILES string of the molecule is CCOC[C@@H]1C[C@@H](OC(F)F)CN1C. The molecule has 1 fully saturated rings. The minimum Gasteiger partial charge on any atom is -0.380 e. The van der Waals surface area contributed by atoms with Crippen LogP contribution in [0.4, 0.5) is 8.78 Å². The standard InChI is InChI=1S/C9H17F2NO2/c1-3-13-6-7-4-8(5-12(7)2)14-9(10)11/h7-9H,3-6H2,1-2H3/t7-,8+/m0/s1. The number of likely N-dealkylation sites (tertiary alicyclic amines) is 1. The smallest absolute Gasteiger partial charge is 0.345 e. The Hall–Kier alpha value is -0.260. The van der Waals surface area contributed by atoms with E-state index in [1.54, 1.807) is 0 Å². The monoisotopic (exact) mass is 209 g/mol. The van der Waals surface area contributed by atoms with Gasteiger partial charge in [0.05, 0.1) is 12.7 Å². The Morgan fingerprint density at radius 2 is 2.21 bits per heavy atom. The predicted octanol–water partition coefficient (Wildman–Crippen LogP) is 1.33. The quantitative estimate of drug-likeness (QED) is 0.682. The van der Waals surface area contributed by atoms with E-state index in [9.17, 15) is 8.78 Å². The largest absolute Gasteiger partial charge is 0.380 e. The first-order valence-electron chi connectivity index (χ1n) is 4.85. The zero-order valence-corrected chi connectivity index (χ0v) is 8.58. The molecule has 1 rings (SSSR count). The van der Waals surface area contributed by atoms with E-state index in [0.717, 1.165) is 0 Å². The molecular formula is C9H17F2NO2. The fourth-order valence-corrected chi connectivity index (χ4v) is 1.72. The van der Waals surface area contributed by atoms with Gasteiger partial charge < -0.3 is 9.47 Å². The molecule has 1 saturated heterocycles. The number of hydrogen-bond acceptors (Lipinski definition) is 3. The van der Waals surface area contributed by atoms with Crippen molar-refractivity contribution in [1.82, 2.24) is 4.90 Å². The van der Waals surface area contributed by atoms with E-state index in [4.69, 9.17) is 4.74 Å². The van der Waals surface area contributed by atoms with E-state index >= 15 is 0 Å². The van der Waals surface area contributed by atoms with Crippen molar-refractivity contribution in [3.8, 4) is 0 Å². The van der Waals surface area contributed by atoms with E-state index in [-0.39, 0.29) is 12.1 Å². The summed E-state index contributed by atoms with van der Waals surface area (Å²) in [5.74, 6) is 0. The molecule has 0 aromatic carbocycles. The highest BCUT2D eigenvalue weighted by molar-refractivity contribution is 4.83. The Bertz CT molecular complexity index is 169. The summed E-state index contributed by atoms with van der Waals surface area (Å²) in [5.41, 5.74) is 0. The number of alkyl halides is 2. The van der Waals surface area contributed by atoms with E-state index in [0.29, 0.717) is 26.2 Å². The van der Waals surface area contributed by atoms with Crippen molar-refractivity contribution >= 4 is 0 Å². The number of rotatable bonds is 5. The van der Waals surface area contributed by atoms with Crippen molar-refractivity contribution in [2.45, 2.75) is 32.1 Å². The van der Waals surface area contributed by atoms with Crippen LogP contribution < -0.4 is 0 Å². The summed E-state index contributed by atoms with van der Waals surface area (Å²) in [6, 6.07) is 0.207. The van der Waals surface area contributed by atoms with Crippen LogP contribution in [-0.2, 0) is 9.47 Å². The van der Waals surface area contributed by atoms with E-state index in [2.05, 4.69) is 4.74 Å². The van der Waals surface area contributed by atoms with Crippen LogP contribution in [0.15, 0.2) is 0 Å². The molecule has 1 heterocycles. The van der Waals surface area contributed by atoms with Crippen LogP contribution in [-0.4, -0.2) is 50.5 Å². The summed E-state index contributed by atoms with van der Waals surface area (Å²) in [7, 11) is 1.90. The summed E-state index contributed by atoms with van der Waals surface area (Å²) in [4.78, 5) is 2.00. The normalized spacial score (nSPS) is 28.9. The average Bonchev–Trinajstić information content (AvgIpc) is 2.41. The number of ether oxygens (including phenoxy) is 2. The van der Waals surface area contributed by atoms with Gasteiger partial charge in [0.25, 0.3) is 0 Å². The molecule has 1 aliphatic heterocycles. The lowest BCUT2D eigenvalue weighted by Crippen LogP contribution is -2.29. The molecule has 1 aliphatic rings. The lowest BCUT2D eigenvalue weighted by atomic mass is 10.2. The van der Waals surface area contributed by atoms with E-state index < -0.39 is 6.61 Å². The van der Waals surface area contributed by atoms with Crippen LogP contribution in [0, 0.1) is 0 Å². The Balaban J connectivity index is 2.28. The molecule has 3 nitrogen and oxygen atoms in total. The van der Waals surface area contributed by atoms with Crippen LogP contribution in [0.5, 0.6) is 0 Å². The van der Waals surface area contributed by atoms with Crippen molar-refractivity contribution in [2.24, 2.45) is 0 Å². The maximum absolute atomic E-state index is 11.9. The minimum atomic E-state index is -2.67. The summed E-state index contributed by atoms with van der Waals surface area (Å²) in [5, 5.41) is 0. The summed E-state index contributed by atoms with van der Waals surface area (Å²) in [6.07, 6.45) is 0.270. The average molecular weight is 209 g/mol. The highest BCUT2D eigenvalue weighted by Crippen LogP contribution is 2.20. The Morgan fingerprint density at radius 1 is 1.50 bits per heavy atom. The molecule has 2 atom stereocenters. The van der Waals surface area contributed by atoms with Gasteiger partial charge in [0, 0.05) is 19.2 Å². The topological polar surface area (TPSA) is 21.7 Å². The third kappa shape index (κ3) is 3.48. The predicted molar refractivity (Wildman–Crippen MR) is 48.4 cm³/mol. The van der Waals surface area contributed by atoms with Gasteiger partial charge in [-0.1, -0.05) is 0 Å².